The van der Waals surface area contributed by atoms with Crippen LogP contribution >= 0.6 is 0 Å². The van der Waals surface area contributed by atoms with E-state index >= 15 is 0 Å². The Morgan fingerprint density at radius 3 is 2.72 bits per heavy atom. The van der Waals surface area contributed by atoms with Gasteiger partial charge in [-0.1, -0.05) is 6.07 Å². The van der Waals surface area contributed by atoms with Gasteiger partial charge in [0.25, 0.3) is 5.56 Å². The molecule has 18 heavy (non-hydrogen) atoms. The Morgan fingerprint density at radius 2 is 2.00 bits per heavy atom. The number of hydrogen-bond acceptors (Lipinski definition) is 2. The number of aromatic nitrogens is 2. The van der Waals surface area contributed by atoms with Crippen molar-refractivity contribution in [2.24, 2.45) is 0 Å². The highest BCUT2D eigenvalue weighted by Gasteiger charge is 2.15. The Balaban J connectivity index is 2.08. The molecule has 0 atom stereocenters. The minimum atomic E-state index is -0.193. The van der Waals surface area contributed by atoms with Crippen molar-refractivity contribution in [2.45, 2.75) is 13.5 Å². The minimum absolute atomic E-state index is 0.117. The van der Waals surface area contributed by atoms with Gasteiger partial charge in [-0.25, -0.2) is 4.79 Å². The molecule has 0 fully saturated rings. The van der Waals surface area contributed by atoms with Crippen molar-refractivity contribution in [3.8, 4) is 11.3 Å². The van der Waals surface area contributed by atoms with Crippen molar-refractivity contribution >= 4 is 11.7 Å². The van der Waals surface area contributed by atoms with E-state index in [9.17, 15) is 9.59 Å². The molecule has 2 aromatic rings. The van der Waals surface area contributed by atoms with Crippen molar-refractivity contribution < 1.29 is 4.79 Å². The minimum Gasteiger partial charge on any atom is -0.334 e. The molecule has 2 amide bonds. The highest BCUT2D eigenvalue weighted by Crippen LogP contribution is 2.26. The predicted molar refractivity (Wildman–Crippen MR) is 67.4 cm³/mol. The van der Waals surface area contributed by atoms with Crippen LogP contribution in [-0.4, -0.2) is 16.2 Å². The van der Waals surface area contributed by atoms with Crippen molar-refractivity contribution in [3.63, 3.8) is 0 Å². The van der Waals surface area contributed by atoms with E-state index in [2.05, 4.69) is 20.8 Å². The van der Waals surface area contributed by atoms with Crippen LogP contribution in [0.25, 0.3) is 11.3 Å². The number of fused-ring (bicyclic) bond motifs is 1. The summed E-state index contributed by atoms with van der Waals surface area (Å²) in [6.45, 7) is 2.26. The maximum absolute atomic E-state index is 11.4. The van der Waals surface area contributed by atoms with Crippen LogP contribution in [0.2, 0.25) is 0 Å². The van der Waals surface area contributed by atoms with Gasteiger partial charge in [0.05, 0.1) is 5.69 Å². The summed E-state index contributed by atoms with van der Waals surface area (Å²) in [5, 5.41) is 10.9. The number of nitrogens with one attached hydrogen (secondary N) is 4. The molecule has 0 saturated carbocycles. The Hall–Kier alpha value is -2.50. The van der Waals surface area contributed by atoms with Gasteiger partial charge < -0.3 is 10.6 Å². The molecule has 0 aliphatic carbocycles. The summed E-state index contributed by atoms with van der Waals surface area (Å²) in [7, 11) is 0. The van der Waals surface area contributed by atoms with Gasteiger partial charge in [0, 0.05) is 23.4 Å². The van der Waals surface area contributed by atoms with Crippen LogP contribution in [0.15, 0.2) is 23.0 Å². The molecule has 0 radical (unpaired) electrons. The highest BCUT2D eigenvalue weighted by molar-refractivity contribution is 5.92. The predicted octanol–water partition coefficient (Wildman–Crippen LogP) is 1.31. The molecule has 2 heterocycles. The van der Waals surface area contributed by atoms with Gasteiger partial charge >= 0.3 is 6.03 Å². The molecule has 1 aliphatic heterocycles. The zero-order valence-electron chi connectivity index (χ0n) is 9.76. The van der Waals surface area contributed by atoms with Crippen molar-refractivity contribution in [1.29, 1.82) is 0 Å². The van der Waals surface area contributed by atoms with E-state index < -0.39 is 0 Å². The zero-order chi connectivity index (χ0) is 12.7. The maximum atomic E-state index is 11.4. The number of urea groups is 1. The van der Waals surface area contributed by atoms with Gasteiger partial charge in [-0.2, -0.15) is 0 Å². The number of carbonyl (C=O) groups is 1. The zero-order valence-corrected chi connectivity index (χ0v) is 9.76. The number of aromatic amines is 2. The van der Waals surface area contributed by atoms with Crippen LogP contribution in [0, 0.1) is 6.92 Å². The van der Waals surface area contributed by atoms with Crippen LogP contribution in [0.1, 0.15) is 11.1 Å². The molecular weight excluding hydrogens is 232 g/mol. The Morgan fingerprint density at radius 1 is 1.17 bits per heavy atom. The van der Waals surface area contributed by atoms with Gasteiger partial charge in [0.2, 0.25) is 0 Å². The van der Waals surface area contributed by atoms with Gasteiger partial charge in [-0.15, -0.1) is 0 Å². The summed E-state index contributed by atoms with van der Waals surface area (Å²) in [5.74, 6) is 0. The molecule has 6 nitrogen and oxygen atoms in total. The molecule has 0 saturated heterocycles. The molecule has 0 bridgehead atoms. The van der Waals surface area contributed by atoms with E-state index in [-0.39, 0.29) is 11.6 Å². The molecule has 6 heteroatoms. The van der Waals surface area contributed by atoms with E-state index in [1.165, 1.54) is 0 Å². The first-order chi connectivity index (χ1) is 8.65. The maximum Gasteiger partial charge on any atom is 0.319 e. The Bertz CT molecular complexity index is 684. The third kappa shape index (κ3) is 1.58. The largest absolute Gasteiger partial charge is 0.334 e. The number of anilines is 1. The monoisotopic (exact) mass is 244 g/mol. The molecule has 0 unspecified atom stereocenters. The van der Waals surface area contributed by atoms with Crippen molar-refractivity contribution in [3.05, 3.63) is 39.7 Å². The fourth-order valence-electron chi connectivity index (χ4n) is 2.07. The molecule has 1 aliphatic rings. The van der Waals surface area contributed by atoms with Gasteiger partial charge in [-0.05, 0) is 24.6 Å². The fourth-order valence-corrected chi connectivity index (χ4v) is 2.07. The number of carbonyl (C=O) groups excluding carboxylic acids is 1. The Kier molecular flexibility index (Phi) is 2.22. The Labute approximate surface area is 102 Å². The summed E-state index contributed by atoms with van der Waals surface area (Å²) in [5.41, 5.74) is 4.03. The van der Waals surface area contributed by atoms with Crippen LogP contribution in [-0.2, 0) is 6.54 Å². The van der Waals surface area contributed by atoms with Crippen LogP contribution in [0.3, 0.4) is 0 Å². The quantitative estimate of drug-likeness (QED) is 0.609. The smallest absolute Gasteiger partial charge is 0.319 e. The third-order valence-corrected chi connectivity index (χ3v) is 3.10. The molecular formula is C12H12N4O2. The second-order valence-electron chi connectivity index (χ2n) is 4.26. The molecule has 4 N–H and O–H groups in total. The standard InChI is InChI=1S/C12H12N4O2/c1-6-10(15-16-11(6)17)7-2-3-9-8(4-7)5-13-12(18)14-9/h2-4H,5H2,1H3,(H2,13,14,18)(H2,15,16,17). The van der Waals surface area contributed by atoms with Crippen LogP contribution in [0.4, 0.5) is 10.5 Å². The number of H-pyrrole nitrogens is 2. The first kappa shape index (κ1) is 10.6. The number of rotatable bonds is 1. The summed E-state index contributed by atoms with van der Waals surface area (Å²) in [6.07, 6.45) is 0. The average molecular weight is 244 g/mol. The topological polar surface area (TPSA) is 89.8 Å². The van der Waals surface area contributed by atoms with Gasteiger partial charge in [0.1, 0.15) is 0 Å². The summed E-state index contributed by atoms with van der Waals surface area (Å²) >= 11 is 0. The van der Waals surface area contributed by atoms with Crippen molar-refractivity contribution in [1.82, 2.24) is 15.5 Å². The van der Waals surface area contributed by atoms with Gasteiger partial charge in [-0.3, -0.25) is 15.0 Å². The number of hydrogen-bond donors (Lipinski definition) is 4. The SMILES string of the molecule is Cc1c(-c2ccc3c(c2)CNC(=O)N3)[nH][nH]c1=O. The van der Waals surface area contributed by atoms with Crippen LogP contribution in [0.5, 0.6) is 0 Å². The second-order valence-corrected chi connectivity index (χ2v) is 4.26. The van der Waals surface area contributed by atoms with Gasteiger partial charge in [0.15, 0.2) is 0 Å². The molecule has 3 rings (SSSR count). The lowest BCUT2D eigenvalue weighted by Gasteiger charge is -2.18. The number of benzene rings is 1. The lowest BCUT2D eigenvalue weighted by Crippen LogP contribution is -2.33. The fraction of sp³-hybridized carbons (Fsp3) is 0.167. The third-order valence-electron chi connectivity index (χ3n) is 3.10. The highest BCUT2D eigenvalue weighted by atomic mass is 16.2. The molecule has 1 aromatic heterocycles. The summed E-state index contributed by atoms with van der Waals surface area (Å²) in [4.78, 5) is 22.6. The lowest BCUT2D eigenvalue weighted by atomic mass is 10.0. The lowest BCUT2D eigenvalue weighted by molar-refractivity contribution is 0.251. The average Bonchev–Trinajstić information content (AvgIpc) is 2.69. The van der Waals surface area contributed by atoms with Crippen molar-refractivity contribution in [2.75, 3.05) is 5.32 Å². The van der Waals surface area contributed by atoms with E-state index in [1.54, 1.807) is 6.92 Å². The van der Waals surface area contributed by atoms with E-state index in [1.807, 2.05) is 18.2 Å². The molecule has 1 aromatic carbocycles. The summed E-state index contributed by atoms with van der Waals surface area (Å²) < 4.78 is 0. The second kappa shape index (κ2) is 3.76. The van der Waals surface area contributed by atoms with Crippen LogP contribution < -0.4 is 16.2 Å². The number of amides is 2. The first-order valence-electron chi connectivity index (χ1n) is 5.60. The van der Waals surface area contributed by atoms with E-state index in [0.29, 0.717) is 12.1 Å². The normalized spacial score (nSPS) is 13.7. The first-order valence-corrected chi connectivity index (χ1v) is 5.60. The molecule has 0 spiro atoms. The van der Waals surface area contributed by atoms with E-state index in [0.717, 1.165) is 22.5 Å². The van der Waals surface area contributed by atoms with E-state index in [4.69, 9.17) is 0 Å². The summed E-state index contributed by atoms with van der Waals surface area (Å²) in [6, 6.07) is 5.47. The molecule has 92 valence electrons.